The Hall–Kier alpha value is -3.27. The molecule has 0 radical (unpaired) electrons. The maximum Gasteiger partial charge on any atom is 0.417 e. The maximum absolute atomic E-state index is 11.9. The Labute approximate surface area is 153 Å². The Bertz CT molecular complexity index is 841. The highest BCUT2D eigenvalue weighted by Crippen LogP contribution is 2.25. The van der Waals surface area contributed by atoms with Gasteiger partial charge in [-0.15, -0.1) is 0 Å². The maximum atomic E-state index is 11.9. The molecule has 0 bridgehead atoms. The number of carbonyl (C=O) groups is 1. The number of hydrogen-bond acceptors (Lipinski definition) is 3. The molecule has 1 N–H and O–H groups in total. The molecule has 4 nitrogen and oxygen atoms in total. The summed E-state index contributed by atoms with van der Waals surface area (Å²) >= 11 is 0. The lowest BCUT2D eigenvalue weighted by molar-refractivity contribution is 0.215. The molecule has 4 heteroatoms. The van der Waals surface area contributed by atoms with Crippen LogP contribution in [-0.2, 0) is 0 Å². The van der Waals surface area contributed by atoms with E-state index in [-0.39, 0.29) is 0 Å². The molecule has 0 aliphatic heterocycles. The fourth-order valence-electron chi connectivity index (χ4n) is 2.40. The first-order valence-electron chi connectivity index (χ1n) is 8.52. The van der Waals surface area contributed by atoms with Crippen molar-refractivity contribution in [2.75, 3.05) is 5.32 Å². The van der Waals surface area contributed by atoms with E-state index in [9.17, 15) is 4.79 Å². The molecule has 0 heterocycles. The summed E-state index contributed by atoms with van der Waals surface area (Å²) in [4.78, 5) is 11.9. The Morgan fingerprint density at radius 1 is 0.769 bits per heavy atom. The van der Waals surface area contributed by atoms with Crippen molar-refractivity contribution in [3.05, 3.63) is 84.4 Å². The van der Waals surface area contributed by atoms with E-state index in [1.807, 2.05) is 30.3 Å². The molecule has 0 saturated heterocycles. The molecular weight excluding hydrogens is 326 g/mol. The molecular formula is C22H21NO3. The van der Waals surface area contributed by atoms with E-state index in [1.54, 1.807) is 36.4 Å². The molecule has 0 spiro atoms. The van der Waals surface area contributed by atoms with Crippen molar-refractivity contribution in [3.63, 3.8) is 0 Å². The van der Waals surface area contributed by atoms with Gasteiger partial charge in [-0.05, 0) is 60.0 Å². The SMILES string of the molecule is CC(C)c1ccc(Oc2ccc(NC(=O)Oc3ccccc3)cc2)cc1. The first kappa shape index (κ1) is 17.5. The first-order valence-corrected chi connectivity index (χ1v) is 8.52. The number of ether oxygens (including phenoxy) is 2. The summed E-state index contributed by atoms with van der Waals surface area (Å²) in [5.41, 5.74) is 1.90. The minimum absolute atomic E-state index is 0.491. The molecule has 0 saturated carbocycles. The quantitative estimate of drug-likeness (QED) is 0.596. The summed E-state index contributed by atoms with van der Waals surface area (Å²) in [7, 11) is 0. The lowest BCUT2D eigenvalue weighted by Crippen LogP contribution is -2.16. The molecule has 132 valence electrons. The topological polar surface area (TPSA) is 47.6 Å². The van der Waals surface area contributed by atoms with Gasteiger partial charge in [0.25, 0.3) is 0 Å². The van der Waals surface area contributed by atoms with Crippen LogP contribution in [-0.4, -0.2) is 6.09 Å². The molecule has 0 atom stereocenters. The van der Waals surface area contributed by atoms with Gasteiger partial charge in [0.2, 0.25) is 0 Å². The summed E-state index contributed by atoms with van der Waals surface area (Å²) in [6, 6.07) is 24.1. The molecule has 26 heavy (non-hydrogen) atoms. The Balaban J connectivity index is 1.57. The number of benzene rings is 3. The van der Waals surface area contributed by atoms with Gasteiger partial charge in [0.15, 0.2) is 0 Å². The van der Waals surface area contributed by atoms with Crippen molar-refractivity contribution in [1.29, 1.82) is 0 Å². The van der Waals surface area contributed by atoms with Crippen molar-refractivity contribution >= 4 is 11.8 Å². The van der Waals surface area contributed by atoms with Crippen molar-refractivity contribution in [1.82, 2.24) is 0 Å². The van der Waals surface area contributed by atoms with Crippen molar-refractivity contribution in [2.24, 2.45) is 0 Å². The zero-order valence-corrected chi connectivity index (χ0v) is 14.8. The molecule has 0 fully saturated rings. The molecule has 0 unspecified atom stereocenters. The molecule has 0 aromatic heterocycles. The summed E-state index contributed by atoms with van der Waals surface area (Å²) < 4.78 is 11.0. The van der Waals surface area contributed by atoms with Crippen LogP contribution in [0.15, 0.2) is 78.9 Å². The molecule has 3 aromatic carbocycles. The van der Waals surface area contributed by atoms with Crippen LogP contribution in [0.5, 0.6) is 17.2 Å². The van der Waals surface area contributed by atoms with Crippen LogP contribution >= 0.6 is 0 Å². The minimum Gasteiger partial charge on any atom is -0.457 e. The van der Waals surface area contributed by atoms with E-state index >= 15 is 0 Å². The van der Waals surface area contributed by atoms with Gasteiger partial charge in [-0.2, -0.15) is 0 Å². The number of hydrogen-bond donors (Lipinski definition) is 1. The van der Waals surface area contributed by atoms with Gasteiger partial charge in [0.05, 0.1) is 0 Å². The monoisotopic (exact) mass is 347 g/mol. The summed E-state index contributed by atoms with van der Waals surface area (Å²) in [5.74, 6) is 2.46. The number of anilines is 1. The summed E-state index contributed by atoms with van der Waals surface area (Å²) in [5, 5.41) is 2.68. The highest BCUT2D eigenvalue weighted by molar-refractivity contribution is 5.86. The number of carbonyl (C=O) groups excluding carboxylic acids is 1. The van der Waals surface area contributed by atoms with E-state index in [1.165, 1.54) is 5.56 Å². The lowest BCUT2D eigenvalue weighted by Gasteiger charge is -2.10. The first-order chi connectivity index (χ1) is 12.6. The third-order valence-corrected chi connectivity index (χ3v) is 3.84. The third kappa shape index (κ3) is 4.86. The van der Waals surface area contributed by atoms with Gasteiger partial charge in [-0.3, -0.25) is 5.32 Å². The fraction of sp³-hybridized carbons (Fsp3) is 0.136. The molecule has 1 amide bonds. The standard InChI is InChI=1S/C22H21NO3/c1-16(2)17-8-12-20(13-9-17)25-21-14-10-18(11-15-21)23-22(24)26-19-6-4-3-5-7-19/h3-16H,1-2H3,(H,23,24). The van der Waals surface area contributed by atoms with Crippen LogP contribution in [0.4, 0.5) is 10.5 Å². The average Bonchev–Trinajstić information content (AvgIpc) is 2.64. The Kier molecular flexibility index (Phi) is 5.54. The average molecular weight is 347 g/mol. The van der Waals surface area contributed by atoms with Gasteiger partial charge in [0.1, 0.15) is 17.2 Å². The van der Waals surface area contributed by atoms with Crippen LogP contribution in [0, 0.1) is 0 Å². The van der Waals surface area contributed by atoms with Gasteiger partial charge in [0, 0.05) is 5.69 Å². The largest absolute Gasteiger partial charge is 0.457 e. The second kappa shape index (κ2) is 8.21. The number of para-hydroxylation sites is 1. The zero-order valence-electron chi connectivity index (χ0n) is 14.8. The van der Waals surface area contributed by atoms with Crippen LogP contribution in [0.3, 0.4) is 0 Å². The van der Waals surface area contributed by atoms with E-state index in [4.69, 9.17) is 9.47 Å². The molecule has 0 aliphatic rings. The predicted molar refractivity (Wildman–Crippen MR) is 103 cm³/mol. The highest BCUT2D eigenvalue weighted by Gasteiger charge is 2.05. The summed E-state index contributed by atoms with van der Waals surface area (Å²) in [6.07, 6.45) is -0.533. The third-order valence-electron chi connectivity index (χ3n) is 3.84. The van der Waals surface area contributed by atoms with Crippen molar-refractivity contribution in [3.8, 4) is 17.2 Å². The van der Waals surface area contributed by atoms with Gasteiger partial charge in [-0.1, -0.05) is 44.2 Å². The van der Waals surface area contributed by atoms with Gasteiger partial charge >= 0.3 is 6.09 Å². The van der Waals surface area contributed by atoms with Gasteiger partial charge < -0.3 is 9.47 Å². The molecule has 0 aliphatic carbocycles. The van der Waals surface area contributed by atoms with Crippen molar-refractivity contribution < 1.29 is 14.3 Å². The van der Waals surface area contributed by atoms with Crippen molar-refractivity contribution in [2.45, 2.75) is 19.8 Å². The zero-order chi connectivity index (χ0) is 18.4. The van der Waals surface area contributed by atoms with Crippen LogP contribution < -0.4 is 14.8 Å². The van der Waals surface area contributed by atoms with E-state index in [0.29, 0.717) is 23.1 Å². The van der Waals surface area contributed by atoms with Crippen LogP contribution in [0.1, 0.15) is 25.3 Å². The molecule has 3 aromatic rings. The minimum atomic E-state index is -0.533. The number of amides is 1. The normalized spacial score (nSPS) is 10.4. The second-order valence-electron chi connectivity index (χ2n) is 6.18. The highest BCUT2D eigenvalue weighted by atomic mass is 16.6. The summed E-state index contributed by atoms with van der Waals surface area (Å²) in [6.45, 7) is 4.31. The number of rotatable bonds is 5. The Morgan fingerprint density at radius 3 is 1.92 bits per heavy atom. The van der Waals surface area contributed by atoms with E-state index in [2.05, 4.69) is 31.3 Å². The van der Waals surface area contributed by atoms with Gasteiger partial charge in [-0.25, -0.2) is 4.79 Å². The lowest BCUT2D eigenvalue weighted by atomic mass is 10.0. The van der Waals surface area contributed by atoms with E-state index in [0.717, 1.165) is 5.75 Å². The van der Waals surface area contributed by atoms with E-state index < -0.39 is 6.09 Å². The second-order valence-corrected chi connectivity index (χ2v) is 6.18. The molecule has 3 rings (SSSR count). The smallest absolute Gasteiger partial charge is 0.417 e. The number of nitrogens with one attached hydrogen (secondary N) is 1. The Morgan fingerprint density at radius 2 is 1.35 bits per heavy atom. The van der Waals surface area contributed by atoms with Crippen LogP contribution in [0.25, 0.3) is 0 Å². The van der Waals surface area contributed by atoms with Crippen LogP contribution in [0.2, 0.25) is 0 Å². The predicted octanol–water partition coefficient (Wildman–Crippen LogP) is 6.21. The fourth-order valence-corrected chi connectivity index (χ4v) is 2.40.